The number of halogens is 1. The van der Waals surface area contributed by atoms with Crippen molar-refractivity contribution >= 4 is 34.7 Å². The van der Waals surface area contributed by atoms with Crippen LogP contribution in [-0.4, -0.2) is 10.2 Å². The molecule has 0 saturated carbocycles. The molecule has 2 rings (SSSR count). The molecule has 0 radical (unpaired) electrons. The van der Waals surface area contributed by atoms with E-state index in [1.54, 1.807) is 0 Å². The van der Waals surface area contributed by atoms with E-state index in [-0.39, 0.29) is 0 Å². The molecule has 0 aliphatic heterocycles. The fourth-order valence-corrected chi connectivity index (χ4v) is 1.47. The molecular formula is C7H5ClN2S. The Morgan fingerprint density at radius 3 is 2.82 bits per heavy atom. The highest BCUT2D eigenvalue weighted by Gasteiger charge is 1.99. The molecule has 1 heterocycles. The topological polar surface area (TPSA) is 31.6 Å². The van der Waals surface area contributed by atoms with Crippen LogP contribution in [0.4, 0.5) is 0 Å². The van der Waals surface area contributed by atoms with Crippen molar-refractivity contribution in [2.24, 2.45) is 0 Å². The third-order valence-corrected chi connectivity index (χ3v) is 2.20. The lowest BCUT2D eigenvalue weighted by atomic mass is 10.3. The van der Waals surface area contributed by atoms with E-state index >= 15 is 0 Å². The van der Waals surface area contributed by atoms with E-state index < -0.39 is 0 Å². The summed E-state index contributed by atoms with van der Waals surface area (Å²) < 4.78 is 0.697. The van der Waals surface area contributed by atoms with Gasteiger partial charge in [0, 0.05) is 5.39 Å². The van der Waals surface area contributed by atoms with E-state index in [9.17, 15) is 0 Å². The summed E-state index contributed by atoms with van der Waals surface area (Å²) in [5, 5.41) is 7.37. The predicted molar refractivity (Wildman–Crippen MR) is 48.5 cm³/mol. The minimum atomic E-state index is 0.690. The summed E-state index contributed by atoms with van der Waals surface area (Å²) in [5.74, 6) is 0. The van der Waals surface area contributed by atoms with Crippen LogP contribution in [0, 0.1) is 4.64 Å². The van der Waals surface area contributed by atoms with Gasteiger partial charge in [-0.3, -0.25) is 10.2 Å². The number of aromatic amines is 2. The SMILES string of the molecule is S=c1[nH][nH]c2c(Cl)cccc12. The summed E-state index contributed by atoms with van der Waals surface area (Å²) in [6.45, 7) is 0. The third kappa shape index (κ3) is 0.968. The molecule has 1 aromatic heterocycles. The van der Waals surface area contributed by atoms with Crippen LogP contribution in [0.15, 0.2) is 18.2 Å². The third-order valence-electron chi connectivity index (χ3n) is 1.56. The monoisotopic (exact) mass is 184 g/mol. The molecule has 4 heteroatoms. The average molecular weight is 185 g/mol. The summed E-state index contributed by atoms with van der Waals surface area (Å²) in [7, 11) is 0. The molecule has 0 aliphatic carbocycles. The number of hydrogen-bond donors (Lipinski definition) is 2. The summed E-state index contributed by atoms with van der Waals surface area (Å²) in [6.07, 6.45) is 0. The Morgan fingerprint density at radius 2 is 2.09 bits per heavy atom. The first-order chi connectivity index (χ1) is 5.29. The number of para-hydroxylation sites is 1. The Balaban J connectivity index is 3.06. The van der Waals surface area contributed by atoms with Gasteiger partial charge in [0.15, 0.2) is 0 Å². The second kappa shape index (κ2) is 2.36. The molecule has 56 valence electrons. The van der Waals surface area contributed by atoms with Gasteiger partial charge in [0.05, 0.1) is 10.5 Å². The van der Waals surface area contributed by atoms with Crippen LogP contribution in [0.1, 0.15) is 0 Å². The Morgan fingerprint density at radius 1 is 1.27 bits per heavy atom. The molecule has 0 atom stereocenters. The zero-order chi connectivity index (χ0) is 7.84. The number of rotatable bonds is 0. The lowest BCUT2D eigenvalue weighted by Gasteiger charge is -1.89. The van der Waals surface area contributed by atoms with E-state index in [1.165, 1.54) is 0 Å². The second-order valence-corrected chi connectivity index (χ2v) is 3.06. The molecule has 11 heavy (non-hydrogen) atoms. The molecule has 0 aliphatic rings. The van der Waals surface area contributed by atoms with Crippen LogP contribution in [0.2, 0.25) is 5.02 Å². The molecule has 0 spiro atoms. The highest BCUT2D eigenvalue weighted by Crippen LogP contribution is 2.20. The van der Waals surface area contributed by atoms with Gasteiger partial charge in [0.1, 0.15) is 4.64 Å². The fourth-order valence-electron chi connectivity index (χ4n) is 1.03. The first-order valence-corrected chi connectivity index (χ1v) is 3.92. The van der Waals surface area contributed by atoms with Crippen molar-refractivity contribution < 1.29 is 0 Å². The zero-order valence-electron chi connectivity index (χ0n) is 5.52. The number of benzene rings is 1. The standard InChI is InChI=1S/C7H5ClN2S/c8-5-3-1-2-4-6(5)9-10-7(4)11/h1-3H,(H2,9,10,11). The van der Waals surface area contributed by atoms with Crippen molar-refractivity contribution in [1.82, 2.24) is 10.2 Å². The molecule has 2 N–H and O–H groups in total. The largest absolute Gasteiger partial charge is 0.298 e. The summed E-state index contributed by atoms with van der Waals surface area (Å²) in [4.78, 5) is 0. The number of H-pyrrole nitrogens is 2. The number of hydrogen-bond acceptors (Lipinski definition) is 1. The summed E-state index contributed by atoms with van der Waals surface area (Å²) >= 11 is 10.9. The number of aromatic nitrogens is 2. The van der Waals surface area contributed by atoms with Gasteiger partial charge in [-0.25, -0.2) is 0 Å². The van der Waals surface area contributed by atoms with E-state index in [2.05, 4.69) is 10.2 Å². The Bertz CT molecular complexity index is 443. The lowest BCUT2D eigenvalue weighted by molar-refractivity contribution is 1.11. The van der Waals surface area contributed by atoms with Crippen molar-refractivity contribution in [3.63, 3.8) is 0 Å². The van der Waals surface area contributed by atoms with Crippen molar-refractivity contribution in [2.75, 3.05) is 0 Å². The highest BCUT2D eigenvalue weighted by atomic mass is 35.5. The summed E-state index contributed by atoms with van der Waals surface area (Å²) in [6, 6.07) is 5.63. The zero-order valence-corrected chi connectivity index (χ0v) is 7.09. The average Bonchev–Trinajstić information content (AvgIpc) is 2.35. The second-order valence-electron chi connectivity index (χ2n) is 2.24. The first kappa shape index (κ1) is 6.88. The van der Waals surface area contributed by atoms with Gasteiger partial charge in [-0.1, -0.05) is 29.9 Å². The van der Waals surface area contributed by atoms with Crippen LogP contribution in [0.5, 0.6) is 0 Å². The molecule has 0 unspecified atom stereocenters. The van der Waals surface area contributed by atoms with E-state index in [0.29, 0.717) is 9.66 Å². The quantitative estimate of drug-likeness (QED) is 0.607. The number of nitrogens with one attached hydrogen (secondary N) is 2. The van der Waals surface area contributed by atoms with Crippen molar-refractivity contribution in [1.29, 1.82) is 0 Å². The van der Waals surface area contributed by atoms with Gasteiger partial charge in [0.2, 0.25) is 0 Å². The van der Waals surface area contributed by atoms with E-state index in [4.69, 9.17) is 23.8 Å². The van der Waals surface area contributed by atoms with E-state index in [0.717, 1.165) is 10.9 Å². The minimum Gasteiger partial charge on any atom is -0.298 e. The Labute approximate surface area is 73.2 Å². The number of fused-ring (bicyclic) bond motifs is 1. The van der Waals surface area contributed by atoms with Gasteiger partial charge in [-0.15, -0.1) is 0 Å². The van der Waals surface area contributed by atoms with Crippen molar-refractivity contribution in [3.8, 4) is 0 Å². The van der Waals surface area contributed by atoms with Gasteiger partial charge in [0.25, 0.3) is 0 Å². The van der Waals surface area contributed by atoms with Crippen LogP contribution in [-0.2, 0) is 0 Å². The summed E-state index contributed by atoms with van der Waals surface area (Å²) in [5.41, 5.74) is 0.874. The van der Waals surface area contributed by atoms with Crippen LogP contribution in [0.3, 0.4) is 0 Å². The molecular weight excluding hydrogens is 180 g/mol. The minimum absolute atomic E-state index is 0.690. The maximum absolute atomic E-state index is 5.87. The van der Waals surface area contributed by atoms with E-state index in [1.807, 2.05) is 18.2 Å². The van der Waals surface area contributed by atoms with Gasteiger partial charge < -0.3 is 0 Å². The highest BCUT2D eigenvalue weighted by molar-refractivity contribution is 7.71. The smallest absolute Gasteiger partial charge is 0.127 e. The molecule has 0 fully saturated rings. The van der Waals surface area contributed by atoms with Crippen molar-refractivity contribution in [2.45, 2.75) is 0 Å². The molecule has 1 aromatic carbocycles. The first-order valence-electron chi connectivity index (χ1n) is 3.14. The maximum Gasteiger partial charge on any atom is 0.127 e. The van der Waals surface area contributed by atoms with Gasteiger partial charge >= 0.3 is 0 Å². The normalized spacial score (nSPS) is 10.6. The van der Waals surface area contributed by atoms with Gasteiger partial charge in [-0.2, -0.15) is 0 Å². The molecule has 2 aromatic rings. The molecule has 0 bridgehead atoms. The van der Waals surface area contributed by atoms with Gasteiger partial charge in [-0.05, 0) is 12.1 Å². The molecule has 0 amide bonds. The van der Waals surface area contributed by atoms with Crippen LogP contribution < -0.4 is 0 Å². The Kier molecular flexibility index (Phi) is 1.47. The fraction of sp³-hybridized carbons (Fsp3) is 0. The maximum atomic E-state index is 5.87. The van der Waals surface area contributed by atoms with Crippen LogP contribution in [0.25, 0.3) is 10.9 Å². The molecule has 0 saturated heterocycles. The Hall–Kier alpha value is -0.800. The predicted octanol–water partition coefficient (Wildman–Crippen LogP) is 2.88. The van der Waals surface area contributed by atoms with Crippen molar-refractivity contribution in [3.05, 3.63) is 27.9 Å². The molecule has 2 nitrogen and oxygen atoms in total. The van der Waals surface area contributed by atoms with Crippen LogP contribution >= 0.6 is 23.8 Å². The lowest BCUT2D eigenvalue weighted by Crippen LogP contribution is -1.68.